The molecule has 1 heterocycles. The molecule has 0 bridgehead atoms. The molecular weight excluding hydrogens is 276 g/mol. The number of aromatic nitrogens is 2. The van der Waals surface area contributed by atoms with Gasteiger partial charge in [-0.15, -0.1) is 0 Å². The third-order valence-electron chi connectivity index (χ3n) is 2.71. The summed E-state index contributed by atoms with van der Waals surface area (Å²) in [5.74, 6) is 0. The standard InChI is InChI=1S/C14H17ClN4O/c1-10-7-8-19(18-10)9-11(2)16-14(20)17-13-5-3-12(15)4-6-13/h3-8,11H,9H2,1-2H3,(H2,16,17,20)/t11-/m1/s1. The van der Waals surface area contributed by atoms with Crippen molar-refractivity contribution in [2.45, 2.75) is 26.4 Å². The fraction of sp³-hybridized carbons (Fsp3) is 0.286. The third kappa shape index (κ3) is 4.28. The van der Waals surface area contributed by atoms with Crippen molar-refractivity contribution in [2.75, 3.05) is 5.32 Å². The molecule has 1 aromatic heterocycles. The summed E-state index contributed by atoms with van der Waals surface area (Å²) >= 11 is 5.79. The highest BCUT2D eigenvalue weighted by molar-refractivity contribution is 6.30. The number of carbonyl (C=O) groups excluding carboxylic acids is 1. The van der Waals surface area contributed by atoms with Crippen LogP contribution in [0.25, 0.3) is 0 Å². The predicted molar refractivity (Wildman–Crippen MR) is 80.0 cm³/mol. The molecule has 0 radical (unpaired) electrons. The summed E-state index contributed by atoms with van der Waals surface area (Å²) < 4.78 is 1.81. The minimum absolute atomic E-state index is 0.0263. The monoisotopic (exact) mass is 292 g/mol. The molecule has 0 spiro atoms. The first-order valence-electron chi connectivity index (χ1n) is 6.36. The normalized spacial score (nSPS) is 11.9. The first kappa shape index (κ1) is 14.4. The molecule has 6 heteroatoms. The van der Waals surface area contributed by atoms with Gasteiger partial charge in [-0.2, -0.15) is 5.10 Å². The van der Waals surface area contributed by atoms with E-state index in [4.69, 9.17) is 11.6 Å². The summed E-state index contributed by atoms with van der Waals surface area (Å²) in [6, 6.07) is 8.62. The van der Waals surface area contributed by atoms with Crippen LogP contribution in [0.2, 0.25) is 5.02 Å². The van der Waals surface area contributed by atoms with E-state index in [0.717, 1.165) is 5.69 Å². The van der Waals surface area contributed by atoms with Crippen LogP contribution in [0.1, 0.15) is 12.6 Å². The maximum Gasteiger partial charge on any atom is 0.319 e. The highest BCUT2D eigenvalue weighted by atomic mass is 35.5. The minimum atomic E-state index is -0.247. The predicted octanol–water partition coefficient (Wildman–Crippen LogP) is 3.06. The van der Waals surface area contributed by atoms with Gasteiger partial charge in [0.15, 0.2) is 0 Å². The fourth-order valence-corrected chi connectivity index (χ4v) is 1.94. The first-order chi connectivity index (χ1) is 9.52. The van der Waals surface area contributed by atoms with Crippen LogP contribution in [0.3, 0.4) is 0 Å². The maximum atomic E-state index is 11.8. The van der Waals surface area contributed by atoms with E-state index in [1.807, 2.05) is 30.8 Å². The van der Waals surface area contributed by atoms with Crippen LogP contribution in [0.4, 0.5) is 10.5 Å². The highest BCUT2D eigenvalue weighted by Crippen LogP contribution is 2.13. The molecule has 0 aliphatic rings. The molecule has 5 nitrogen and oxygen atoms in total. The van der Waals surface area contributed by atoms with E-state index in [1.165, 1.54) is 0 Å². The number of halogens is 1. The lowest BCUT2D eigenvalue weighted by atomic mass is 10.3. The van der Waals surface area contributed by atoms with Crippen molar-refractivity contribution in [2.24, 2.45) is 0 Å². The average molecular weight is 293 g/mol. The Bertz CT molecular complexity index is 579. The van der Waals surface area contributed by atoms with E-state index in [1.54, 1.807) is 24.3 Å². The molecule has 0 saturated carbocycles. The number of urea groups is 1. The largest absolute Gasteiger partial charge is 0.334 e. The zero-order valence-electron chi connectivity index (χ0n) is 11.4. The summed E-state index contributed by atoms with van der Waals surface area (Å²) in [4.78, 5) is 11.8. The number of aryl methyl sites for hydroxylation is 1. The van der Waals surface area contributed by atoms with E-state index >= 15 is 0 Å². The highest BCUT2D eigenvalue weighted by Gasteiger charge is 2.08. The van der Waals surface area contributed by atoms with Crippen molar-refractivity contribution in [1.82, 2.24) is 15.1 Å². The number of amides is 2. The number of hydrogen-bond donors (Lipinski definition) is 2. The van der Waals surface area contributed by atoms with Crippen LogP contribution < -0.4 is 10.6 Å². The lowest BCUT2D eigenvalue weighted by molar-refractivity contribution is 0.247. The lowest BCUT2D eigenvalue weighted by Crippen LogP contribution is -2.38. The van der Waals surface area contributed by atoms with Crippen LogP contribution in [0, 0.1) is 6.92 Å². The number of nitrogens with one attached hydrogen (secondary N) is 2. The quantitative estimate of drug-likeness (QED) is 0.910. The molecule has 0 aliphatic heterocycles. The summed E-state index contributed by atoms with van der Waals surface area (Å²) in [5.41, 5.74) is 1.66. The van der Waals surface area contributed by atoms with Gasteiger partial charge in [0, 0.05) is 22.9 Å². The molecular formula is C14H17ClN4O. The summed E-state index contributed by atoms with van der Waals surface area (Å²) in [6.07, 6.45) is 1.89. The number of hydrogen-bond acceptors (Lipinski definition) is 2. The molecule has 0 saturated heterocycles. The van der Waals surface area contributed by atoms with Gasteiger partial charge < -0.3 is 10.6 Å². The average Bonchev–Trinajstić information content (AvgIpc) is 2.77. The smallest absolute Gasteiger partial charge is 0.319 e. The fourth-order valence-electron chi connectivity index (χ4n) is 1.82. The van der Waals surface area contributed by atoms with Crippen molar-refractivity contribution in [1.29, 1.82) is 0 Å². The Labute approximate surface area is 122 Å². The van der Waals surface area contributed by atoms with Crippen LogP contribution in [-0.4, -0.2) is 21.9 Å². The Morgan fingerprint density at radius 2 is 2.05 bits per heavy atom. The second-order valence-electron chi connectivity index (χ2n) is 4.69. The van der Waals surface area contributed by atoms with E-state index in [0.29, 0.717) is 17.3 Å². The van der Waals surface area contributed by atoms with Gasteiger partial charge in [0.05, 0.1) is 12.2 Å². The van der Waals surface area contributed by atoms with Crippen LogP contribution >= 0.6 is 11.6 Å². The van der Waals surface area contributed by atoms with E-state index < -0.39 is 0 Å². The van der Waals surface area contributed by atoms with Crippen molar-refractivity contribution >= 4 is 23.3 Å². The molecule has 2 N–H and O–H groups in total. The van der Waals surface area contributed by atoms with Gasteiger partial charge in [-0.25, -0.2) is 4.79 Å². The van der Waals surface area contributed by atoms with Crippen LogP contribution in [-0.2, 0) is 6.54 Å². The minimum Gasteiger partial charge on any atom is -0.334 e. The molecule has 2 amide bonds. The number of rotatable bonds is 4. The topological polar surface area (TPSA) is 59.0 Å². The lowest BCUT2D eigenvalue weighted by Gasteiger charge is -2.14. The van der Waals surface area contributed by atoms with Crippen LogP contribution in [0.5, 0.6) is 0 Å². The molecule has 1 aromatic carbocycles. The summed E-state index contributed by atoms with van der Waals surface area (Å²) in [6.45, 7) is 4.49. The number of benzene rings is 1. The molecule has 1 atom stereocenters. The van der Waals surface area contributed by atoms with Crippen molar-refractivity contribution in [3.8, 4) is 0 Å². The van der Waals surface area contributed by atoms with Gasteiger partial charge in [0.25, 0.3) is 0 Å². The number of nitrogens with zero attached hydrogens (tertiary/aromatic N) is 2. The SMILES string of the molecule is Cc1ccn(C[C@@H](C)NC(=O)Nc2ccc(Cl)cc2)n1. The van der Waals surface area contributed by atoms with Gasteiger partial charge in [-0.3, -0.25) is 4.68 Å². The van der Waals surface area contributed by atoms with Gasteiger partial charge in [0.1, 0.15) is 0 Å². The second-order valence-corrected chi connectivity index (χ2v) is 5.12. The molecule has 2 aromatic rings. The Kier molecular flexibility index (Phi) is 4.63. The van der Waals surface area contributed by atoms with Crippen molar-refractivity contribution in [3.05, 3.63) is 47.2 Å². The molecule has 20 heavy (non-hydrogen) atoms. The molecule has 106 valence electrons. The summed E-state index contributed by atoms with van der Waals surface area (Å²) in [5, 5.41) is 10.5. The first-order valence-corrected chi connectivity index (χ1v) is 6.74. The molecule has 0 unspecified atom stereocenters. The molecule has 0 fully saturated rings. The van der Waals surface area contributed by atoms with Crippen LogP contribution in [0.15, 0.2) is 36.5 Å². The number of anilines is 1. The van der Waals surface area contributed by atoms with E-state index in [9.17, 15) is 4.79 Å². The number of carbonyl (C=O) groups is 1. The van der Waals surface area contributed by atoms with E-state index in [2.05, 4.69) is 15.7 Å². The molecule has 2 rings (SSSR count). The summed E-state index contributed by atoms with van der Waals surface area (Å²) in [7, 11) is 0. The Morgan fingerprint density at radius 1 is 1.35 bits per heavy atom. The van der Waals surface area contributed by atoms with Gasteiger partial charge in [-0.1, -0.05) is 11.6 Å². The maximum absolute atomic E-state index is 11.8. The van der Waals surface area contributed by atoms with Gasteiger partial charge in [0.2, 0.25) is 0 Å². The zero-order chi connectivity index (χ0) is 14.5. The van der Waals surface area contributed by atoms with Crippen molar-refractivity contribution in [3.63, 3.8) is 0 Å². The molecule has 0 aliphatic carbocycles. The van der Waals surface area contributed by atoms with E-state index in [-0.39, 0.29) is 12.1 Å². The van der Waals surface area contributed by atoms with Crippen molar-refractivity contribution < 1.29 is 4.79 Å². The van der Waals surface area contributed by atoms with Gasteiger partial charge >= 0.3 is 6.03 Å². The zero-order valence-corrected chi connectivity index (χ0v) is 12.2. The Morgan fingerprint density at radius 3 is 2.65 bits per heavy atom. The second kappa shape index (κ2) is 6.43. The third-order valence-corrected chi connectivity index (χ3v) is 2.97. The Hall–Kier alpha value is -2.01. The van der Waals surface area contributed by atoms with Gasteiger partial charge in [-0.05, 0) is 44.2 Å². The Balaban J connectivity index is 1.83.